The number of nitrogens with two attached hydrogens (primary N) is 1. The van der Waals surface area contributed by atoms with E-state index in [0.717, 1.165) is 0 Å². The molecule has 1 unspecified atom stereocenters. The minimum Gasteiger partial charge on any atom is -0.380 e. The Morgan fingerprint density at radius 2 is 2.00 bits per heavy atom. The predicted molar refractivity (Wildman–Crippen MR) is 59.8 cm³/mol. The number of hydrogen-bond acceptors (Lipinski definition) is 3. The number of likely N-dealkylation sites (tertiary alicyclic amines) is 1. The van der Waals surface area contributed by atoms with Gasteiger partial charge in [-0.3, -0.25) is 4.79 Å². The topological polar surface area (TPSA) is 55.6 Å². The Labute approximate surface area is 104 Å². The van der Waals surface area contributed by atoms with Gasteiger partial charge in [-0.2, -0.15) is 13.2 Å². The Balaban J connectivity index is 2.41. The van der Waals surface area contributed by atoms with Crippen LogP contribution in [0.15, 0.2) is 0 Å². The molecule has 0 aromatic rings. The summed E-state index contributed by atoms with van der Waals surface area (Å²) in [6.07, 6.45) is -4.42. The standard InChI is InChI=1S/C11H19F3N2O2/c1-18-9(7-15)6-10(17)16-4-2-8(3-5-16)11(12,13)14/h8-9H,2-7,15H2,1H3. The number of hydrogen-bond donors (Lipinski definition) is 1. The number of alkyl halides is 3. The molecule has 1 aliphatic rings. The molecule has 0 bridgehead atoms. The third kappa shape index (κ3) is 4.13. The highest BCUT2D eigenvalue weighted by atomic mass is 19.4. The third-order valence-corrected chi connectivity index (χ3v) is 3.31. The van der Waals surface area contributed by atoms with Gasteiger partial charge in [-0.15, -0.1) is 0 Å². The van der Waals surface area contributed by atoms with Crippen molar-refractivity contribution in [1.82, 2.24) is 4.90 Å². The SMILES string of the molecule is COC(CN)CC(=O)N1CCC(C(F)(F)F)CC1. The summed E-state index contributed by atoms with van der Waals surface area (Å²) < 4.78 is 42.3. The number of nitrogens with zero attached hydrogens (tertiary/aromatic N) is 1. The van der Waals surface area contributed by atoms with Crippen LogP contribution in [0.2, 0.25) is 0 Å². The van der Waals surface area contributed by atoms with Crippen LogP contribution < -0.4 is 5.73 Å². The van der Waals surface area contributed by atoms with Crippen LogP contribution in [0.3, 0.4) is 0 Å². The summed E-state index contributed by atoms with van der Waals surface area (Å²) in [6, 6.07) is 0. The van der Waals surface area contributed by atoms with Crippen molar-refractivity contribution < 1.29 is 22.7 Å². The van der Waals surface area contributed by atoms with E-state index in [2.05, 4.69) is 0 Å². The van der Waals surface area contributed by atoms with Crippen LogP contribution in [-0.4, -0.2) is 49.8 Å². The summed E-state index contributed by atoms with van der Waals surface area (Å²) >= 11 is 0. The maximum Gasteiger partial charge on any atom is 0.391 e. The summed E-state index contributed by atoms with van der Waals surface area (Å²) in [5.74, 6) is -1.47. The molecule has 1 amide bonds. The van der Waals surface area contributed by atoms with Crippen LogP contribution in [-0.2, 0) is 9.53 Å². The highest BCUT2D eigenvalue weighted by molar-refractivity contribution is 5.76. The van der Waals surface area contributed by atoms with Crippen LogP contribution >= 0.6 is 0 Å². The number of piperidine rings is 1. The number of amides is 1. The van der Waals surface area contributed by atoms with Gasteiger partial charge in [-0.05, 0) is 12.8 Å². The maximum atomic E-state index is 12.4. The van der Waals surface area contributed by atoms with Crippen LogP contribution in [0.25, 0.3) is 0 Å². The highest BCUT2D eigenvalue weighted by Crippen LogP contribution is 2.34. The molecule has 7 heteroatoms. The molecule has 0 aliphatic carbocycles. The zero-order valence-electron chi connectivity index (χ0n) is 10.4. The first-order valence-corrected chi connectivity index (χ1v) is 5.95. The number of halogens is 3. The lowest BCUT2D eigenvalue weighted by Gasteiger charge is -2.33. The van der Waals surface area contributed by atoms with Gasteiger partial charge >= 0.3 is 6.18 Å². The lowest BCUT2D eigenvalue weighted by Crippen LogP contribution is -2.43. The molecule has 4 nitrogen and oxygen atoms in total. The van der Waals surface area contributed by atoms with Crippen LogP contribution in [0.5, 0.6) is 0 Å². The zero-order valence-corrected chi connectivity index (χ0v) is 10.4. The summed E-state index contributed by atoms with van der Waals surface area (Å²) in [4.78, 5) is 13.3. The van der Waals surface area contributed by atoms with Gasteiger partial charge in [0.2, 0.25) is 5.91 Å². The maximum absolute atomic E-state index is 12.4. The van der Waals surface area contributed by atoms with Gasteiger partial charge in [0.15, 0.2) is 0 Å². The van der Waals surface area contributed by atoms with E-state index in [-0.39, 0.29) is 50.9 Å². The second kappa shape index (κ2) is 6.38. The Hall–Kier alpha value is -0.820. The average molecular weight is 268 g/mol. The lowest BCUT2D eigenvalue weighted by molar-refractivity contribution is -0.186. The molecule has 0 aromatic heterocycles. The normalized spacial score (nSPS) is 19.9. The first kappa shape index (κ1) is 15.2. The first-order valence-electron chi connectivity index (χ1n) is 5.95. The fourth-order valence-electron chi connectivity index (χ4n) is 2.04. The second-order valence-corrected chi connectivity index (χ2v) is 4.49. The molecule has 2 N–H and O–H groups in total. The van der Waals surface area contributed by atoms with E-state index in [9.17, 15) is 18.0 Å². The van der Waals surface area contributed by atoms with Crippen LogP contribution in [0.4, 0.5) is 13.2 Å². The first-order chi connectivity index (χ1) is 8.38. The average Bonchev–Trinajstić information content (AvgIpc) is 2.34. The summed E-state index contributed by atoms with van der Waals surface area (Å²) in [7, 11) is 1.46. The van der Waals surface area contributed by atoms with Gasteiger partial charge in [0.25, 0.3) is 0 Å². The van der Waals surface area contributed by atoms with Crippen molar-refractivity contribution in [1.29, 1.82) is 0 Å². The molecule has 0 spiro atoms. The Bertz CT molecular complexity index is 272. The monoisotopic (exact) mass is 268 g/mol. The molecule has 18 heavy (non-hydrogen) atoms. The van der Waals surface area contributed by atoms with E-state index in [1.807, 2.05) is 0 Å². The fourth-order valence-corrected chi connectivity index (χ4v) is 2.04. The molecule has 0 aromatic carbocycles. The molecular weight excluding hydrogens is 249 g/mol. The van der Waals surface area contributed by atoms with Crippen molar-refractivity contribution in [2.45, 2.75) is 31.5 Å². The van der Waals surface area contributed by atoms with E-state index in [0.29, 0.717) is 0 Å². The van der Waals surface area contributed by atoms with Gasteiger partial charge in [-0.1, -0.05) is 0 Å². The molecule has 1 rings (SSSR count). The third-order valence-electron chi connectivity index (χ3n) is 3.31. The highest BCUT2D eigenvalue weighted by Gasteiger charge is 2.41. The number of carbonyl (C=O) groups is 1. The molecule has 0 saturated carbocycles. The minimum atomic E-state index is -4.15. The van der Waals surface area contributed by atoms with Crippen molar-refractivity contribution in [2.24, 2.45) is 11.7 Å². The molecule has 1 heterocycles. The molecule has 1 fully saturated rings. The summed E-state index contributed by atoms with van der Waals surface area (Å²) in [5, 5.41) is 0. The number of ether oxygens (including phenoxy) is 1. The van der Waals surface area contributed by atoms with Crippen molar-refractivity contribution >= 4 is 5.91 Å². The Morgan fingerprint density at radius 3 is 2.39 bits per heavy atom. The van der Waals surface area contributed by atoms with Gasteiger partial charge in [0.05, 0.1) is 18.4 Å². The molecular formula is C11H19F3N2O2. The van der Waals surface area contributed by atoms with Crippen molar-refractivity contribution in [3.05, 3.63) is 0 Å². The number of carbonyl (C=O) groups excluding carboxylic acids is 1. The van der Waals surface area contributed by atoms with E-state index in [1.165, 1.54) is 12.0 Å². The van der Waals surface area contributed by atoms with E-state index >= 15 is 0 Å². The zero-order chi connectivity index (χ0) is 13.8. The van der Waals surface area contributed by atoms with Crippen LogP contribution in [0, 0.1) is 5.92 Å². The van der Waals surface area contributed by atoms with Crippen molar-refractivity contribution in [3.8, 4) is 0 Å². The summed E-state index contributed by atoms with van der Waals surface area (Å²) in [5.41, 5.74) is 5.40. The Morgan fingerprint density at radius 1 is 1.44 bits per heavy atom. The van der Waals surface area contributed by atoms with Gasteiger partial charge in [-0.25, -0.2) is 0 Å². The quantitative estimate of drug-likeness (QED) is 0.832. The van der Waals surface area contributed by atoms with E-state index < -0.39 is 12.1 Å². The molecule has 1 atom stereocenters. The Kier molecular flexibility index (Phi) is 5.40. The fraction of sp³-hybridized carbons (Fsp3) is 0.909. The van der Waals surface area contributed by atoms with Crippen molar-refractivity contribution in [2.75, 3.05) is 26.7 Å². The minimum absolute atomic E-state index is 0.0183. The lowest BCUT2D eigenvalue weighted by atomic mass is 9.96. The number of methoxy groups -OCH3 is 1. The second-order valence-electron chi connectivity index (χ2n) is 4.49. The van der Waals surface area contributed by atoms with Gasteiger partial charge in [0.1, 0.15) is 0 Å². The number of rotatable bonds is 4. The summed E-state index contributed by atoms with van der Waals surface area (Å²) in [6.45, 7) is 0.537. The molecule has 0 radical (unpaired) electrons. The van der Waals surface area contributed by atoms with E-state index in [1.54, 1.807) is 0 Å². The van der Waals surface area contributed by atoms with Gasteiger partial charge < -0.3 is 15.4 Å². The van der Waals surface area contributed by atoms with Crippen molar-refractivity contribution in [3.63, 3.8) is 0 Å². The van der Waals surface area contributed by atoms with E-state index in [4.69, 9.17) is 10.5 Å². The van der Waals surface area contributed by atoms with Gasteiger partial charge in [0, 0.05) is 26.7 Å². The predicted octanol–water partition coefficient (Wildman–Crippen LogP) is 1.15. The molecule has 1 aliphatic heterocycles. The largest absolute Gasteiger partial charge is 0.391 e. The smallest absolute Gasteiger partial charge is 0.380 e. The van der Waals surface area contributed by atoms with Crippen LogP contribution in [0.1, 0.15) is 19.3 Å². The molecule has 1 saturated heterocycles. The molecule has 106 valence electrons.